The van der Waals surface area contributed by atoms with Gasteiger partial charge in [0.2, 0.25) is 0 Å². The lowest BCUT2D eigenvalue weighted by Crippen LogP contribution is -2.31. The minimum Gasteiger partial charge on any atom is -0.478 e. The lowest BCUT2D eigenvalue weighted by molar-refractivity contribution is -0.0176. The molecular weight excluding hydrogens is 283 g/mol. The Morgan fingerprint density at radius 2 is 2.10 bits per heavy atom. The van der Waals surface area contributed by atoms with E-state index in [0.29, 0.717) is 5.75 Å². The smallest absolute Gasteiger partial charge is 0.341 e. The van der Waals surface area contributed by atoms with Crippen LogP contribution in [0.25, 0.3) is 0 Å². The van der Waals surface area contributed by atoms with Gasteiger partial charge >= 0.3 is 5.97 Å². The first-order valence-corrected chi connectivity index (χ1v) is 7.35. The molecule has 1 aliphatic rings. The Labute approximate surface area is 123 Å². The lowest BCUT2D eigenvalue weighted by atomic mass is 9.98. The maximum Gasteiger partial charge on any atom is 0.341 e. The van der Waals surface area contributed by atoms with Crippen LogP contribution in [0, 0.1) is 5.82 Å². The van der Waals surface area contributed by atoms with E-state index in [-0.39, 0.29) is 11.6 Å². The molecule has 110 valence electrons. The van der Waals surface area contributed by atoms with Crippen molar-refractivity contribution in [3.05, 3.63) is 29.6 Å². The van der Waals surface area contributed by atoms with Gasteiger partial charge in [-0.25, -0.2) is 9.18 Å². The average Bonchev–Trinajstić information content (AvgIpc) is 2.88. The molecule has 0 radical (unpaired) electrons. The van der Waals surface area contributed by atoms with Crippen molar-refractivity contribution in [3.63, 3.8) is 0 Å². The number of halogens is 2. The predicted octanol–water partition coefficient (Wildman–Crippen LogP) is 4.28. The number of esters is 1. The Morgan fingerprint density at radius 1 is 1.40 bits per heavy atom. The third-order valence-corrected chi connectivity index (χ3v) is 3.96. The van der Waals surface area contributed by atoms with Crippen molar-refractivity contribution in [3.8, 4) is 5.75 Å². The van der Waals surface area contributed by atoms with Crippen LogP contribution in [0.3, 0.4) is 0 Å². The van der Waals surface area contributed by atoms with E-state index < -0.39 is 17.4 Å². The van der Waals surface area contributed by atoms with Gasteiger partial charge in [0.15, 0.2) is 6.07 Å². The quantitative estimate of drug-likeness (QED) is 0.601. The molecule has 5 heteroatoms. The Hall–Kier alpha value is -1.29. The first-order chi connectivity index (χ1) is 9.60. The Balaban J connectivity index is 2.12. The Kier molecular flexibility index (Phi) is 4.86. The summed E-state index contributed by atoms with van der Waals surface area (Å²) in [6.45, 7) is 1.99. The zero-order chi connectivity index (χ0) is 14.6. The van der Waals surface area contributed by atoms with Crippen LogP contribution >= 0.6 is 11.6 Å². The highest BCUT2D eigenvalue weighted by atomic mass is 35.5. The normalized spacial score (nSPS) is 16.9. The fourth-order valence-corrected chi connectivity index (χ4v) is 2.74. The molecule has 1 aromatic rings. The summed E-state index contributed by atoms with van der Waals surface area (Å²) in [6, 6.07) is 3.96. The molecule has 0 aromatic heterocycles. The van der Waals surface area contributed by atoms with Gasteiger partial charge in [0, 0.05) is 6.07 Å². The minimum absolute atomic E-state index is 0.0633. The standard InChI is InChI=1S/C15H18ClFO3/c1-2-15(7-3-4-8-15)20-14(18)12-6-5-11(19-10-16)9-13(12)17/h5-6,9H,2-4,7-8,10H2,1H3. The van der Waals surface area contributed by atoms with Crippen molar-refractivity contribution in [2.45, 2.75) is 44.6 Å². The fraction of sp³-hybridized carbons (Fsp3) is 0.533. The highest BCUT2D eigenvalue weighted by Gasteiger charge is 2.36. The summed E-state index contributed by atoms with van der Waals surface area (Å²) in [6.07, 6.45) is 4.56. The monoisotopic (exact) mass is 300 g/mol. The molecule has 0 spiro atoms. The molecule has 1 aliphatic carbocycles. The predicted molar refractivity (Wildman–Crippen MR) is 74.7 cm³/mol. The van der Waals surface area contributed by atoms with E-state index in [1.54, 1.807) is 0 Å². The van der Waals surface area contributed by atoms with Crippen LogP contribution in [0.4, 0.5) is 4.39 Å². The highest BCUT2D eigenvalue weighted by Crippen LogP contribution is 2.36. The SMILES string of the molecule is CCC1(OC(=O)c2ccc(OCCl)cc2F)CCCC1. The van der Waals surface area contributed by atoms with Crippen molar-refractivity contribution in [2.24, 2.45) is 0 Å². The molecular formula is C15H18ClFO3. The molecule has 2 rings (SSSR count). The van der Waals surface area contributed by atoms with E-state index in [4.69, 9.17) is 21.1 Å². The van der Waals surface area contributed by atoms with E-state index in [1.165, 1.54) is 12.1 Å². The topological polar surface area (TPSA) is 35.5 Å². The van der Waals surface area contributed by atoms with Crippen LogP contribution in [0.5, 0.6) is 5.75 Å². The maximum atomic E-state index is 13.9. The van der Waals surface area contributed by atoms with Gasteiger partial charge in [0.05, 0.1) is 5.56 Å². The third-order valence-electron chi connectivity index (χ3n) is 3.85. The van der Waals surface area contributed by atoms with Crippen molar-refractivity contribution in [1.82, 2.24) is 0 Å². The molecule has 0 unspecified atom stereocenters. The zero-order valence-electron chi connectivity index (χ0n) is 11.5. The van der Waals surface area contributed by atoms with Crippen LogP contribution in [-0.4, -0.2) is 17.6 Å². The number of rotatable bonds is 5. The fourth-order valence-electron chi connectivity index (χ4n) is 2.61. The van der Waals surface area contributed by atoms with Crippen molar-refractivity contribution in [2.75, 3.05) is 6.07 Å². The van der Waals surface area contributed by atoms with Gasteiger partial charge < -0.3 is 9.47 Å². The van der Waals surface area contributed by atoms with Crippen LogP contribution in [0.15, 0.2) is 18.2 Å². The maximum absolute atomic E-state index is 13.9. The summed E-state index contributed by atoms with van der Waals surface area (Å²) in [5, 5.41) is 0. The number of carbonyl (C=O) groups is 1. The van der Waals surface area contributed by atoms with Crippen LogP contribution in [-0.2, 0) is 4.74 Å². The van der Waals surface area contributed by atoms with Crippen molar-refractivity contribution >= 4 is 17.6 Å². The summed E-state index contributed by atoms with van der Waals surface area (Å²) in [5.41, 5.74) is -0.485. The van der Waals surface area contributed by atoms with Gasteiger partial charge in [-0.15, -0.1) is 0 Å². The molecule has 0 aliphatic heterocycles. The average molecular weight is 301 g/mol. The van der Waals surface area contributed by atoms with Crippen molar-refractivity contribution in [1.29, 1.82) is 0 Å². The molecule has 1 aromatic carbocycles. The van der Waals surface area contributed by atoms with Crippen LogP contribution in [0.2, 0.25) is 0 Å². The number of alkyl halides is 1. The van der Waals surface area contributed by atoms with E-state index in [0.717, 1.165) is 38.2 Å². The lowest BCUT2D eigenvalue weighted by Gasteiger charge is -2.27. The molecule has 1 saturated carbocycles. The summed E-state index contributed by atoms with van der Waals surface area (Å²) in [5.74, 6) is -0.967. The first kappa shape index (κ1) is 15.1. The molecule has 0 amide bonds. The first-order valence-electron chi connectivity index (χ1n) is 6.82. The van der Waals surface area contributed by atoms with E-state index in [2.05, 4.69) is 0 Å². The number of benzene rings is 1. The summed E-state index contributed by atoms with van der Waals surface area (Å²) < 4.78 is 24.4. The van der Waals surface area contributed by atoms with Crippen molar-refractivity contribution < 1.29 is 18.7 Å². The number of carbonyl (C=O) groups excluding carboxylic acids is 1. The van der Waals surface area contributed by atoms with Gasteiger partial charge in [0.1, 0.15) is 17.2 Å². The Bertz CT molecular complexity index is 484. The molecule has 0 N–H and O–H groups in total. The van der Waals surface area contributed by atoms with Crippen LogP contribution in [0.1, 0.15) is 49.4 Å². The molecule has 3 nitrogen and oxygen atoms in total. The van der Waals surface area contributed by atoms with E-state index >= 15 is 0 Å². The number of hydrogen-bond donors (Lipinski definition) is 0. The van der Waals surface area contributed by atoms with Gasteiger partial charge in [-0.1, -0.05) is 18.5 Å². The summed E-state index contributed by atoms with van der Waals surface area (Å²) in [4.78, 5) is 12.1. The van der Waals surface area contributed by atoms with Gasteiger partial charge in [0.25, 0.3) is 0 Å². The summed E-state index contributed by atoms with van der Waals surface area (Å²) in [7, 11) is 0. The molecule has 0 atom stereocenters. The molecule has 0 bridgehead atoms. The second-order valence-electron chi connectivity index (χ2n) is 5.03. The second kappa shape index (κ2) is 6.44. The third kappa shape index (κ3) is 3.23. The van der Waals surface area contributed by atoms with Gasteiger partial charge in [-0.05, 0) is 44.2 Å². The minimum atomic E-state index is -0.651. The van der Waals surface area contributed by atoms with Gasteiger partial charge in [-0.2, -0.15) is 0 Å². The largest absolute Gasteiger partial charge is 0.478 e. The van der Waals surface area contributed by atoms with E-state index in [1.807, 2.05) is 6.92 Å². The zero-order valence-corrected chi connectivity index (χ0v) is 12.2. The molecule has 0 heterocycles. The Morgan fingerprint density at radius 3 is 2.65 bits per heavy atom. The molecule has 20 heavy (non-hydrogen) atoms. The number of hydrogen-bond acceptors (Lipinski definition) is 3. The summed E-state index contributed by atoms with van der Waals surface area (Å²) >= 11 is 5.40. The molecule has 0 saturated heterocycles. The molecule has 1 fully saturated rings. The van der Waals surface area contributed by atoms with E-state index in [9.17, 15) is 9.18 Å². The van der Waals surface area contributed by atoms with Crippen LogP contribution < -0.4 is 4.74 Å². The number of ether oxygens (including phenoxy) is 2. The van der Waals surface area contributed by atoms with Gasteiger partial charge in [-0.3, -0.25) is 0 Å². The second-order valence-corrected chi connectivity index (χ2v) is 5.25. The highest BCUT2D eigenvalue weighted by molar-refractivity contribution is 6.17.